The van der Waals surface area contributed by atoms with Gasteiger partial charge < -0.3 is 14.6 Å². The molecule has 0 aliphatic carbocycles. The Morgan fingerprint density at radius 3 is 2.67 bits per heavy atom. The van der Waals surface area contributed by atoms with Crippen molar-refractivity contribution in [2.75, 3.05) is 6.54 Å². The van der Waals surface area contributed by atoms with Crippen LogP contribution in [0, 0.1) is 0 Å². The van der Waals surface area contributed by atoms with E-state index in [9.17, 15) is 4.79 Å². The lowest BCUT2D eigenvalue weighted by Gasteiger charge is -2.25. The first-order valence-electron chi connectivity index (χ1n) is 11.8. The molecule has 1 N–H and O–H groups in total. The molecule has 1 unspecified atom stereocenters. The highest BCUT2D eigenvalue weighted by molar-refractivity contribution is 5.82. The second-order valence-corrected chi connectivity index (χ2v) is 8.65. The molecule has 1 atom stereocenters. The zero-order valence-corrected chi connectivity index (χ0v) is 19.6. The van der Waals surface area contributed by atoms with Gasteiger partial charge in [0.15, 0.2) is 5.82 Å². The number of hydrogen-bond acceptors (Lipinski definition) is 7. The Kier molecular flexibility index (Phi) is 5.57. The molecular formula is C27H23N7O2. The van der Waals surface area contributed by atoms with Gasteiger partial charge in [-0.05, 0) is 43.2 Å². The molecule has 1 aliphatic heterocycles. The molecule has 178 valence electrons. The van der Waals surface area contributed by atoms with Crippen molar-refractivity contribution in [2.24, 2.45) is 0 Å². The Hall–Kier alpha value is -4.66. The number of rotatable bonds is 5. The number of hydrogen-bond donors (Lipinski definition) is 1. The van der Waals surface area contributed by atoms with Crippen LogP contribution in [-0.4, -0.2) is 47.3 Å². The van der Waals surface area contributed by atoms with E-state index in [0.29, 0.717) is 28.7 Å². The summed E-state index contributed by atoms with van der Waals surface area (Å²) in [5, 5.41) is 0. The van der Waals surface area contributed by atoms with Gasteiger partial charge in [-0.3, -0.25) is 24.7 Å². The van der Waals surface area contributed by atoms with Gasteiger partial charge in [0.25, 0.3) is 0 Å². The van der Waals surface area contributed by atoms with Crippen LogP contribution in [0.15, 0.2) is 73.4 Å². The predicted octanol–water partition coefficient (Wildman–Crippen LogP) is 4.95. The molecule has 9 nitrogen and oxygen atoms in total. The Labute approximate surface area is 207 Å². The van der Waals surface area contributed by atoms with Crippen molar-refractivity contribution >= 4 is 16.9 Å². The minimum Gasteiger partial charge on any atom is -0.455 e. The normalized spacial score (nSPS) is 15.4. The first-order chi connectivity index (χ1) is 17.7. The van der Waals surface area contributed by atoms with Crippen LogP contribution in [0.4, 0.5) is 0 Å². The van der Waals surface area contributed by atoms with E-state index in [1.54, 1.807) is 37.9 Å². The molecule has 5 heterocycles. The first kappa shape index (κ1) is 21.8. The van der Waals surface area contributed by atoms with E-state index in [2.05, 4.69) is 24.9 Å². The summed E-state index contributed by atoms with van der Waals surface area (Å²) in [6.45, 7) is 2.34. The summed E-state index contributed by atoms with van der Waals surface area (Å²) in [5.74, 6) is 1.96. The minimum absolute atomic E-state index is 0.0531. The summed E-state index contributed by atoms with van der Waals surface area (Å²) in [6.07, 6.45) is 10.1. The number of pyridine rings is 2. The van der Waals surface area contributed by atoms with E-state index in [1.165, 1.54) is 0 Å². The summed E-state index contributed by atoms with van der Waals surface area (Å²) < 4.78 is 6.36. The van der Waals surface area contributed by atoms with Gasteiger partial charge in [-0.2, -0.15) is 0 Å². The molecule has 9 heteroatoms. The standard InChI is InChI=1S/C27H23N7O2/c1-17(35)34-12-4-6-25(34)19-13-22-23(33-27(32-22)21-5-2-3-9-29-21)14-26(19)36-18-7-8-20(31-15-18)24-16-28-10-11-30-24/h2-3,5,7-11,13-16,25H,4,6,12H2,1H3,(H,32,33). The number of imidazole rings is 1. The molecule has 4 aromatic heterocycles. The molecule has 1 amide bonds. The number of carbonyl (C=O) groups is 1. The molecule has 36 heavy (non-hydrogen) atoms. The van der Waals surface area contributed by atoms with E-state index in [-0.39, 0.29) is 11.9 Å². The molecule has 0 bridgehead atoms. The number of carbonyl (C=O) groups excluding carboxylic acids is 1. The largest absolute Gasteiger partial charge is 0.455 e. The van der Waals surface area contributed by atoms with E-state index in [4.69, 9.17) is 9.72 Å². The van der Waals surface area contributed by atoms with Crippen LogP contribution < -0.4 is 4.74 Å². The van der Waals surface area contributed by atoms with E-state index in [1.807, 2.05) is 47.4 Å². The highest BCUT2D eigenvalue weighted by Crippen LogP contribution is 2.41. The fourth-order valence-corrected chi connectivity index (χ4v) is 4.64. The SMILES string of the molecule is CC(=O)N1CCCC1c1cc2[nH]c(-c3ccccn3)nc2cc1Oc1ccc(-c2cnccn2)nc1. The van der Waals surface area contributed by atoms with Crippen molar-refractivity contribution in [3.8, 4) is 34.4 Å². The molecule has 1 fully saturated rings. The predicted molar refractivity (Wildman–Crippen MR) is 134 cm³/mol. The van der Waals surface area contributed by atoms with Crippen molar-refractivity contribution < 1.29 is 9.53 Å². The third kappa shape index (κ3) is 4.15. The van der Waals surface area contributed by atoms with Crippen LogP contribution in [0.25, 0.3) is 33.9 Å². The lowest BCUT2D eigenvalue weighted by atomic mass is 10.0. The molecule has 1 aromatic carbocycles. The smallest absolute Gasteiger partial charge is 0.219 e. The maximum Gasteiger partial charge on any atom is 0.219 e. The third-order valence-electron chi connectivity index (χ3n) is 6.33. The van der Waals surface area contributed by atoms with Gasteiger partial charge in [0, 0.05) is 43.7 Å². The Morgan fingerprint density at radius 2 is 1.92 bits per heavy atom. The third-order valence-corrected chi connectivity index (χ3v) is 6.33. The van der Waals surface area contributed by atoms with Crippen molar-refractivity contribution in [1.29, 1.82) is 0 Å². The number of benzene rings is 1. The second-order valence-electron chi connectivity index (χ2n) is 8.65. The lowest BCUT2D eigenvalue weighted by molar-refractivity contribution is -0.129. The van der Waals surface area contributed by atoms with Crippen molar-refractivity contribution in [2.45, 2.75) is 25.8 Å². The summed E-state index contributed by atoms with van der Waals surface area (Å²) >= 11 is 0. The highest BCUT2D eigenvalue weighted by Gasteiger charge is 2.31. The number of ether oxygens (including phenoxy) is 1. The lowest BCUT2D eigenvalue weighted by Crippen LogP contribution is -2.28. The van der Waals surface area contributed by atoms with E-state index in [0.717, 1.165) is 41.7 Å². The molecule has 6 rings (SSSR count). The molecular weight excluding hydrogens is 454 g/mol. The van der Waals surface area contributed by atoms with Crippen LogP contribution in [0.5, 0.6) is 11.5 Å². The van der Waals surface area contributed by atoms with Crippen LogP contribution >= 0.6 is 0 Å². The van der Waals surface area contributed by atoms with Gasteiger partial charge in [-0.1, -0.05) is 6.07 Å². The zero-order chi connectivity index (χ0) is 24.5. The van der Waals surface area contributed by atoms with Crippen LogP contribution in [0.2, 0.25) is 0 Å². The zero-order valence-electron chi connectivity index (χ0n) is 19.6. The fraction of sp³-hybridized carbons (Fsp3) is 0.185. The maximum absolute atomic E-state index is 12.4. The quantitative estimate of drug-likeness (QED) is 0.381. The number of aromatic amines is 1. The number of H-pyrrole nitrogens is 1. The Balaban J connectivity index is 1.40. The topological polar surface area (TPSA) is 110 Å². The van der Waals surface area contributed by atoms with Gasteiger partial charge in [0.1, 0.15) is 22.9 Å². The minimum atomic E-state index is -0.0738. The summed E-state index contributed by atoms with van der Waals surface area (Å²) in [6, 6.07) is 13.3. The monoisotopic (exact) mass is 477 g/mol. The van der Waals surface area contributed by atoms with Gasteiger partial charge in [0.2, 0.25) is 5.91 Å². The van der Waals surface area contributed by atoms with Crippen molar-refractivity contribution in [3.05, 3.63) is 79.0 Å². The number of fused-ring (bicyclic) bond motifs is 1. The number of nitrogens with one attached hydrogen (secondary N) is 1. The van der Waals surface area contributed by atoms with Gasteiger partial charge >= 0.3 is 0 Å². The average Bonchev–Trinajstić information content (AvgIpc) is 3.57. The number of aromatic nitrogens is 6. The fourth-order valence-electron chi connectivity index (χ4n) is 4.64. The molecule has 5 aromatic rings. The highest BCUT2D eigenvalue weighted by atomic mass is 16.5. The Bertz CT molecular complexity index is 1520. The average molecular weight is 478 g/mol. The van der Waals surface area contributed by atoms with Crippen molar-refractivity contribution in [3.63, 3.8) is 0 Å². The van der Waals surface area contributed by atoms with E-state index >= 15 is 0 Å². The number of amides is 1. The first-order valence-corrected chi connectivity index (χ1v) is 11.8. The maximum atomic E-state index is 12.4. The molecule has 0 spiro atoms. The summed E-state index contributed by atoms with van der Waals surface area (Å²) in [5.41, 5.74) is 4.71. The number of likely N-dealkylation sites (tertiary alicyclic amines) is 1. The van der Waals surface area contributed by atoms with Gasteiger partial charge in [-0.25, -0.2) is 4.98 Å². The second kappa shape index (κ2) is 9.18. The van der Waals surface area contributed by atoms with Gasteiger partial charge in [0.05, 0.1) is 35.2 Å². The Morgan fingerprint density at radius 1 is 1.00 bits per heavy atom. The summed E-state index contributed by atoms with van der Waals surface area (Å²) in [7, 11) is 0. The van der Waals surface area contributed by atoms with Crippen LogP contribution in [0.3, 0.4) is 0 Å². The van der Waals surface area contributed by atoms with Crippen LogP contribution in [0.1, 0.15) is 31.4 Å². The van der Waals surface area contributed by atoms with Crippen molar-refractivity contribution in [1.82, 2.24) is 34.8 Å². The van der Waals surface area contributed by atoms with E-state index < -0.39 is 0 Å². The molecule has 1 saturated heterocycles. The number of nitrogens with zero attached hydrogens (tertiary/aromatic N) is 6. The van der Waals surface area contributed by atoms with Crippen LogP contribution in [-0.2, 0) is 4.79 Å². The molecule has 1 aliphatic rings. The summed E-state index contributed by atoms with van der Waals surface area (Å²) in [4.78, 5) is 39.7. The molecule has 0 saturated carbocycles. The molecule has 0 radical (unpaired) electrons. The van der Waals surface area contributed by atoms with Gasteiger partial charge in [-0.15, -0.1) is 0 Å².